The molecule has 5 heteroatoms. The maximum Gasteiger partial charge on any atom is 0.227 e. The van der Waals surface area contributed by atoms with Gasteiger partial charge >= 0.3 is 0 Å². The van der Waals surface area contributed by atoms with Crippen molar-refractivity contribution in [2.45, 2.75) is 45.2 Å². The molecule has 3 atom stereocenters. The molecule has 0 bridgehead atoms. The van der Waals surface area contributed by atoms with Crippen LogP contribution < -0.4 is 10.6 Å². The van der Waals surface area contributed by atoms with E-state index in [1.54, 1.807) is 0 Å². The zero-order valence-electron chi connectivity index (χ0n) is 11.2. The molecule has 0 aromatic carbocycles. The van der Waals surface area contributed by atoms with Gasteiger partial charge in [0.2, 0.25) is 11.8 Å². The Morgan fingerprint density at radius 2 is 2.11 bits per heavy atom. The molecule has 2 aliphatic heterocycles. The third-order valence-corrected chi connectivity index (χ3v) is 3.98. The van der Waals surface area contributed by atoms with Gasteiger partial charge in [-0.2, -0.15) is 0 Å². The van der Waals surface area contributed by atoms with E-state index in [2.05, 4.69) is 17.6 Å². The molecule has 3 unspecified atom stereocenters. The van der Waals surface area contributed by atoms with Crippen LogP contribution in [0.2, 0.25) is 0 Å². The van der Waals surface area contributed by atoms with Crippen molar-refractivity contribution < 1.29 is 9.59 Å². The molecule has 102 valence electrons. The summed E-state index contributed by atoms with van der Waals surface area (Å²) in [6.07, 6.45) is 2.88. The number of rotatable bonds is 2. The second-order valence-corrected chi connectivity index (χ2v) is 5.46. The zero-order valence-corrected chi connectivity index (χ0v) is 11.2. The molecule has 0 aromatic rings. The monoisotopic (exact) mass is 253 g/mol. The first-order valence-corrected chi connectivity index (χ1v) is 6.87. The summed E-state index contributed by atoms with van der Waals surface area (Å²) in [7, 11) is 0. The standard InChI is InChI=1S/C13H23N3O2/c1-9-12(5-6-14-9)13(18)16-7-3-4-11(8-16)15-10(2)17/h9,11-12,14H,3-8H2,1-2H3,(H,15,17). The van der Waals surface area contributed by atoms with E-state index in [4.69, 9.17) is 0 Å². The van der Waals surface area contributed by atoms with E-state index in [-0.39, 0.29) is 29.8 Å². The molecule has 5 nitrogen and oxygen atoms in total. The fraction of sp³-hybridized carbons (Fsp3) is 0.846. The average molecular weight is 253 g/mol. The third-order valence-electron chi connectivity index (χ3n) is 3.98. The first-order valence-electron chi connectivity index (χ1n) is 6.87. The van der Waals surface area contributed by atoms with Crippen molar-refractivity contribution >= 4 is 11.8 Å². The maximum atomic E-state index is 12.4. The zero-order chi connectivity index (χ0) is 13.1. The summed E-state index contributed by atoms with van der Waals surface area (Å²) in [6.45, 7) is 6.04. The van der Waals surface area contributed by atoms with E-state index in [0.717, 1.165) is 32.4 Å². The lowest BCUT2D eigenvalue weighted by Crippen LogP contribution is -2.51. The van der Waals surface area contributed by atoms with E-state index in [9.17, 15) is 9.59 Å². The molecule has 0 radical (unpaired) electrons. The number of hydrogen-bond donors (Lipinski definition) is 2. The van der Waals surface area contributed by atoms with E-state index in [0.29, 0.717) is 6.54 Å². The topological polar surface area (TPSA) is 61.4 Å². The van der Waals surface area contributed by atoms with Gasteiger partial charge in [-0.1, -0.05) is 0 Å². The van der Waals surface area contributed by atoms with Crippen molar-refractivity contribution in [2.75, 3.05) is 19.6 Å². The largest absolute Gasteiger partial charge is 0.352 e. The van der Waals surface area contributed by atoms with Crippen molar-refractivity contribution in [1.82, 2.24) is 15.5 Å². The summed E-state index contributed by atoms with van der Waals surface area (Å²) in [5.74, 6) is 0.355. The Bertz CT molecular complexity index is 332. The summed E-state index contributed by atoms with van der Waals surface area (Å²) >= 11 is 0. The smallest absolute Gasteiger partial charge is 0.227 e. The molecule has 0 saturated carbocycles. The van der Waals surface area contributed by atoms with Gasteiger partial charge < -0.3 is 15.5 Å². The van der Waals surface area contributed by atoms with Crippen LogP contribution in [0.3, 0.4) is 0 Å². The number of nitrogens with zero attached hydrogens (tertiary/aromatic N) is 1. The van der Waals surface area contributed by atoms with Gasteiger partial charge in [-0.25, -0.2) is 0 Å². The normalized spacial score (nSPS) is 32.3. The summed E-state index contributed by atoms with van der Waals surface area (Å²) < 4.78 is 0. The van der Waals surface area contributed by atoms with Crippen LogP contribution >= 0.6 is 0 Å². The minimum absolute atomic E-state index is 0.00907. The van der Waals surface area contributed by atoms with Gasteiger partial charge in [0.05, 0.1) is 5.92 Å². The lowest BCUT2D eigenvalue weighted by atomic mass is 9.97. The molecule has 2 amide bonds. The van der Waals surface area contributed by atoms with Crippen LogP contribution in [0.4, 0.5) is 0 Å². The third kappa shape index (κ3) is 3.02. The van der Waals surface area contributed by atoms with Crippen molar-refractivity contribution in [1.29, 1.82) is 0 Å². The number of likely N-dealkylation sites (tertiary alicyclic amines) is 1. The molecule has 0 aromatic heterocycles. The number of hydrogen-bond acceptors (Lipinski definition) is 3. The molecule has 2 N–H and O–H groups in total. The summed E-state index contributed by atoms with van der Waals surface area (Å²) in [4.78, 5) is 25.4. The van der Waals surface area contributed by atoms with Crippen molar-refractivity contribution in [3.05, 3.63) is 0 Å². The minimum atomic E-state index is -0.00907. The van der Waals surface area contributed by atoms with Crippen LogP contribution in [0, 0.1) is 5.92 Å². The van der Waals surface area contributed by atoms with Gasteiger partial charge in [0.15, 0.2) is 0 Å². The predicted octanol–water partition coefficient (Wildman–Crippen LogP) is 0.112. The van der Waals surface area contributed by atoms with E-state index < -0.39 is 0 Å². The fourth-order valence-corrected chi connectivity index (χ4v) is 3.01. The minimum Gasteiger partial charge on any atom is -0.352 e. The van der Waals surface area contributed by atoms with Gasteiger partial charge in [-0.05, 0) is 32.7 Å². The van der Waals surface area contributed by atoms with Gasteiger partial charge in [0.25, 0.3) is 0 Å². The Morgan fingerprint density at radius 1 is 1.33 bits per heavy atom. The highest BCUT2D eigenvalue weighted by Gasteiger charge is 2.34. The quantitative estimate of drug-likeness (QED) is 0.734. The number of carbonyl (C=O) groups excluding carboxylic acids is 2. The van der Waals surface area contributed by atoms with Gasteiger partial charge in [-0.15, -0.1) is 0 Å². The molecule has 0 aliphatic carbocycles. The van der Waals surface area contributed by atoms with Gasteiger partial charge in [0, 0.05) is 32.1 Å². The SMILES string of the molecule is CC(=O)NC1CCCN(C(=O)C2CCNC2C)C1. The fourth-order valence-electron chi connectivity index (χ4n) is 3.01. The van der Waals surface area contributed by atoms with Crippen LogP contribution in [0.1, 0.15) is 33.1 Å². The molecule has 0 spiro atoms. The van der Waals surface area contributed by atoms with Crippen LogP contribution in [0.25, 0.3) is 0 Å². The molecule has 2 saturated heterocycles. The molecular weight excluding hydrogens is 230 g/mol. The highest BCUT2D eigenvalue weighted by Crippen LogP contribution is 2.20. The van der Waals surface area contributed by atoms with E-state index in [1.807, 2.05) is 4.90 Å². The van der Waals surface area contributed by atoms with Crippen molar-refractivity contribution in [2.24, 2.45) is 5.92 Å². The Hall–Kier alpha value is -1.10. The van der Waals surface area contributed by atoms with E-state index in [1.165, 1.54) is 6.92 Å². The van der Waals surface area contributed by atoms with Crippen LogP contribution in [-0.4, -0.2) is 48.4 Å². The Labute approximate surface area is 108 Å². The van der Waals surface area contributed by atoms with Crippen molar-refractivity contribution in [3.63, 3.8) is 0 Å². The van der Waals surface area contributed by atoms with Gasteiger partial charge in [-0.3, -0.25) is 9.59 Å². The van der Waals surface area contributed by atoms with Crippen molar-refractivity contribution in [3.8, 4) is 0 Å². The molecule has 2 aliphatic rings. The highest BCUT2D eigenvalue weighted by atomic mass is 16.2. The lowest BCUT2D eigenvalue weighted by molar-refractivity contribution is -0.137. The average Bonchev–Trinajstić information content (AvgIpc) is 2.74. The van der Waals surface area contributed by atoms with E-state index >= 15 is 0 Å². The van der Waals surface area contributed by atoms with Crippen LogP contribution in [0.5, 0.6) is 0 Å². The second-order valence-electron chi connectivity index (χ2n) is 5.46. The van der Waals surface area contributed by atoms with Crippen LogP contribution in [-0.2, 0) is 9.59 Å². The van der Waals surface area contributed by atoms with Crippen LogP contribution in [0.15, 0.2) is 0 Å². The Morgan fingerprint density at radius 3 is 2.72 bits per heavy atom. The summed E-state index contributed by atoms with van der Waals surface area (Å²) in [5, 5.41) is 6.24. The Kier molecular flexibility index (Phi) is 4.22. The number of carbonyl (C=O) groups is 2. The first kappa shape index (κ1) is 13.3. The molecule has 2 rings (SSSR count). The molecule has 2 fully saturated rings. The lowest BCUT2D eigenvalue weighted by Gasteiger charge is -2.35. The molecule has 2 heterocycles. The second kappa shape index (κ2) is 5.69. The maximum absolute atomic E-state index is 12.4. The summed E-state index contributed by atoms with van der Waals surface area (Å²) in [5.41, 5.74) is 0. The number of amides is 2. The highest BCUT2D eigenvalue weighted by molar-refractivity contribution is 5.80. The number of nitrogens with one attached hydrogen (secondary N) is 2. The first-order chi connectivity index (χ1) is 8.58. The molecular formula is C13H23N3O2. The number of piperidine rings is 1. The predicted molar refractivity (Wildman–Crippen MR) is 69.0 cm³/mol. The Balaban J connectivity index is 1.91. The van der Waals surface area contributed by atoms with Gasteiger partial charge in [0.1, 0.15) is 0 Å². The molecule has 18 heavy (non-hydrogen) atoms. The summed E-state index contributed by atoms with van der Waals surface area (Å²) in [6, 6.07) is 0.406.